The molecule has 136 valence electrons. The molecule has 0 aliphatic heterocycles. The van der Waals surface area contributed by atoms with Gasteiger partial charge in [0.05, 0.1) is 5.75 Å². The lowest BCUT2D eigenvalue weighted by Crippen LogP contribution is -2.11. The Bertz CT molecular complexity index is 1030. The van der Waals surface area contributed by atoms with Crippen LogP contribution in [0.3, 0.4) is 0 Å². The van der Waals surface area contributed by atoms with Crippen molar-refractivity contribution in [3.05, 3.63) is 77.4 Å². The first-order chi connectivity index (χ1) is 13.2. The Morgan fingerprint density at radius 1 is 1.04 bits per heavy atom. The van der Waals surface area contributed by atoms with Crippen LogP contribution in [0, 0.1) is 6.92 Å². The van der Waals surface area contributed by atoms with Gasteiger partial charge in [-0.15, -0.1) is 10.2 Å². The first kappa shape index (κ1) is 17.3. The summed E-state index contributed by atoms with van der Waals surface area (Å²) in [5, 5.41) is 13.0. The van der Waals surface area contributed by atoms with Crippen LogP contribution >= 0.6 is 11.8 Å². The van der Waals surface area contributed by atoms with E-state index in [-0.39, 0.29) is 0 Å². The highest BCUT2D eigenvalue weighted by Gasteiger charge is 2.14. The average Bonchev–Trinajstić information content (AvgIpc) is 3.28. The van der Waals surface area contributed by atoms with Gasteiger partial charge in [-0.05, 0) is 12.5 Å². The van der Waals surface area contributed by atoms with Gasteiger partial charge in [0, 0.05) is 12.0 Å². The zero-order chi connectivity index (χ0) is 18.6. The summed E-state index contributed by atoms with van der Waals surface area (Å²) in [6.07, 6.45) is 0.639. The lowest BCUT2D eigenvalue weighted by Gasteiger charge is -2.03. The van der Waals surface area contributed by atoms with Gasteiger partial charge in [0.25, 0.3) is 0 Å². The summed E-state index contributed by atoms with van der Waals surface area (Å²) >= 11 is 1.41. The van der Waals surface area contributed by atoms with E-state index in [9.17, 15) is 0 Å². The van der Waals surface area contributed by atoms with Crippen LogP contribution in [-0.2, 0) is 12.2 Å². The third-order valence-electron chi connectivity index (χ3n) is 4.01. The normalized spacial score (nSPS) is 11.0. The van der Waals surface area contributed by atoms with Crippen LogP contribution in [-0.4, -0.2) is 25.0 Å². The SMILES string of the molecule is Cc1ccc(-c2nnc(SCc3nc(Cc4ccccc4)no3)n2N)cc1. The minimum absolute atomic E-state index is 0.477. The fourth-order valence-corrected chi connectivity index (χ4v) is 3.29. The van der Waals surface area contributed by atoms with Crippen molar-refractivity contribution in [2.24, 2.45) is 0 Å². The van der Waals surface area contributed by atoms with E-state index in [1.54, 1.807) is 0 Å². The number of nitrogen functional groups attached to an aromatic ring is 1. The van der Waals surface area contributed by atoms with Gasteiger partial charge in [0.1, 0.15) is 0 Å². The van der Waals surface area contributed by atoms with E-state index in [1.165, 1.54) is 22.0 Å². The Morgan fingerprint density at radius 2 is 1.81 bits per heavy atom. The number of rotatable bonds is 6. The maximum Gasteiger partial charge on any atom is 0.237 e. The molecular weight excluding hydrogens is 360 g/mol. The Kier molecular flexibility index (Phi) is 4.88. The van der Waals surface area contributed by atoms with Crippen LogP contribution in [0.25, 0.3) is 11.4 Å². The number of nitrogens with two attached hydrogens (primary N) is 1. The molecule has 0 aliphatic rings. The number of thioether (sulfide) groups is 1. The number of hydrogen-bond acceptors (Lipinski definition) is 7. The van der Waals surface area contributed by atoms with Crippen molar-refractivity contribution in [3.8, 4) is 11.4 Å². The van der Waals surface area contributed by atoms with Crippen molar-refractivity contribution in [2.45, 2.75) is 24.3 Å². The largest absolute Gasteiger partial charge is 0.338 e. The molecular formula is C19H18N6OS. The molecule has 0 atom stereocenters. The first-order valence-electron chi connectivity index (χ1n) is 8.45. The third kappa shape index (κ3) is 4.01. The predicted molar refractivity (Wildman–Crippen MR) is 103 cm³/mol. The molecule has 4 rings (SSSR count). The molecule has 2 aromatic heterocycles. The molecule has 0 unspecified atom stereocenters. The average molecular weight is 378 g/mol. The fourth-order valence-electron chi connectivity index (χ4n) is 2.60. The van der Waals surface area contributed by atoms with Gasteiger partial charge in [-0.25, -0.2) is 4.68 Å². The zero-order valence-electron chi connectivity index (χ0n) is 14.7. The van der Waals surface area contributed by atoms with Crippen LogP contribution in [0.15, 0.2) is 64.3 Å². The summed E-state index contributed by atoms with van der Waals surface area (Å²) in [7, 11) is 0. The quantitative estimate of drug-likeness (QED) is 0.406. The minimum atomic E-state index is 0.477. The van der Waals surface area contributed by atoms with Crippen molar-refractivity contribution < 1.29 is 4.52 Å². The molecule has 7 nitrogen and oxygen atoms in total. The van der Waals surface area contributed by atoms with Crippen molar-refractivity contribution in [1.82, 2.24) is 25.0 Å². The predicted octanol–water partition coefficient (Wildman–Crippen LogP) is 3.23. The summed E-state index contributed by atoms with van der Waals surface area (Å²) < 4.78 is 6.81. The number of nitrogens with zero attached hydrogens (tertiary/aromatic N) is 5. The molecule has 0 aliphatic carbocycles. The summed E-state index contributed by atoms with van der Waals surface area (Å²) in [4.78, 5) is 4.43. The minimum Gasteiger partial charge on any atom is -0.338 e. The van der Waals surface area contributed by atoms with Gasteiger partial charge in [0.15, 0.2) is 11.6 Å². The van der Waals surface area contributed by atoms with E-state index in [2.05, 4.69) is 20.3 Å². The van der Waals surface area contributed by atoms with Crippen molar-refractivity contribution >= 4 is 11.8 Å². The Morgan fingerprint density at radius 3 is 2.59 bits per heavy atom. The van der Waals surface area contributed by atoms with E-state index < -0.39 is 0 Å². The zero-order valence-corrected chi connectivity index (χ0v) is 15.6. The number of benzene rings is 2. The van der Waals surface area contributed by atoms with Crippen LogP contribution in [0.1, 0.15) is 22.8 Å². The van der Waals surface area contributed by atoms with Crippen LogP contribution < -0.4 is 5.84 Å². The highest BCUT2D eigenvalue weighted by molar-refractivity contribution is 7.98. The first-order valence-corrected chi connectivity index (χ1v) is 9.43. The van der Waals surface area contributed by atoms with Gasteiger partial charge in [-0.2, -0.15) is 4.98 Å². The highest BCUT2D eigenvalue weighted by Crippen LogP contribution is 2.24. The van der Waals surface area contributed by atoms with Gasteiger partial charge in [0.2, 0.25) is 11.0 Å². The maximum absolute atomic E-state index is 6.15. The molecule has 2 N–H and O–H groups in total. The van der Waals surface area contributed by atoms with Gasteiger partial charge in [-0.1, -0.05) is 77.1 Å². The van der Waals surface area contributed by atoms with Gasteiger partial charge < -0.3 is 10.4 Å². The summed E-state index contributed by atoms with van der Waals surface area (Å²) in [6, 6.07) is 18.0. The molecule has 0 saturated heterocycles. The van der Waals surface area contributed by atoms with Crippen molar-refractivity contribution in [3.63, 3.8) is 0 Å². The highest BCUT2D eigenvalue weighted by atomic mass is 32.2. The third-order valence-corrected chi connectivity index (χ3v) is 4.94. The molecule has 0 spiro atoms. The lowest BCUT2D eigenvalue weighted by molar-refractivity contribution is 0.385. The smallest absolute Gasteiger partial charge is 0.237 e. The summed E-state index contributed by atoms with van der Waals surface area (Å²) in [5.74, 6) is 8.44. The van der Waals surface area contributed by atoms with Crippen molar-refractivity contribution in [1.29, 1.82) is 0 Å². The topological polar surface area (TPSA) is 95.6 Å². The van der Waals surface area contributed by atoms with Crippen LogP contribution in [0.2, 0.25) is 0 Å². The molecule has 0 amide bonds. The molecule has 2 heterocycles. The second-order valence-corrected chi connectivity index (χ2v) is 7.04. The lowest BCUT2D eigenvalue weighted by atomic mass is 10.1. The van der Waals surface area contributed by atoms with E-state index in [4.69, 9.17) is 10.4 Å². The molecule has 0 bridgehead atoms. The molecule has 8 heteroatoms. The van der Waals surface area contributed by atoms with E-state index in [0.717, 1.165) is 11.1 Å². The number of aryl methyl sites for hydroxylation is 1. The van der Waals surface area contributed by atoms with Gasteiger partial charge in [-0.3, -0.25) is 0 Å². The van der Waals surface area contributed by atoms with Crippen LogP contribution in [0.5, 0.6) is 0 Å². The Balaban J connectivity index is 1.41. The van der Waals surface area contributed by atoms with Crippen LogP contribution in [0.4, 0.5) is 0 Å². The molecule has 0 radical (unpaired) electrons. The van der Waals surface area contributed by atoms with Gasteiger partial charge >= 0.3 is 0 Å². The monoisotopic (exact) mass is 378 g/mol. The number of aromatic nitrogens is 5. The Hall–Kier alpha value is -3.13. The molecule has 0 fully saturated rings. The van der Waals surface area contributed by atoms with E-state index >= 15 is 0 Å². The summed E-state index contributed by atoms with van der Waals surface area (Å²) in [5.41, 5.74) is 3.24. The van der Waals surface area contributed by atoms with E-state index in [0.29, 0.717) is 34.9 Å². The second-order valence-electron chi connectivity index (χ2n) is 6.10. The van der Waals surface area contributed by atoms with Crippen molar-refractivity contribution in [2.75, 3.05) is 5.84 Å². The molecule has 27 heavy (non-hydrogen) atoms. The Labute approximate surface area is 160 Å². The maximum atomic E-state index is 6.15. The molecule has 4 aromatic rings. The fraction of sp³-hybridized carbons (Fsp3) is 0.158. The number of hydrogen-bond donors (Lipinski definition) is 1. The second kappa shape index (κ2) is 7.63. The molecule has 2 aromatic carbocycles. The van der Waals surface area contributed by atoms with E-state index in [1.807, 2.05) is 61.5 Å². The molecule has 0 saturated carbocycles. The summed E-state index contributed by atoms with van der Waals surface area (Å²) in [6.45, 7) is 2.04. The standard InChI is InChI=1S/C19H18N6OS/c1-13-7-9-15(10-8-13)18-22-23-19(25(18)20)27-12-17-21-16(24-26-17)11-14-5-3-2-4-6-14/h2-10H,11-12,20H2,1H3.